The third kappa shape index (κ3) is 4.46. The van der Waals surface area contributed by atoms with Crippen molar-refractivity contribution in [3.05, 3.63) is 47.8 Å². The molecule has 2 aromatic heterocycles. The number of hydrogen-bond acceptors (Lipinski definition) is 6. The quantitative estimate of drug-likeness (QED) is 0.664. The van der Waals surface area contributed by atoms with E-state index >= 15 is 0 Å². The Morgan fingerprint density at radius 1 is 1.16 bits per heavy atom. The first kappa shape index (κ1) is 21.0. The Morgan fingerprint density at radius 3 is 2.61 bits per heavy atom. The Kier molecular flexibility index (Phi) is 5.77. The summed E-state index contributed by atoms with van der Waals surface area (Å²) < 4.78 is 45.2. The highest BCUT2D eigenvalue weighted by atomic mass is 19.4. The number of nitrogens with zero attached hydrogens (tertiary/aromatic N) is 5. The number of benzene rings is 1. The number of aromatic nitrogens is 4. The van der Waals surface area contributed by atoms with Crippen molar-refractivity contribution in [2.24, 2.45) is 5.92 Å². The molecule has 0 saturated carbocycles. The highest BCUT2D eigenvalue weighted by molar-refractivity contribution is 5.93. The fourth-order valence-corrected chi connectivity index (χ4v) is 3.65. The van der Waals surface area contributed by atoms with E-state index in [9.17, 15) is 18.0 Å². The van der Waals surface area contributed by atoms with E-state index < -0.39 is 12.0 Å². The molecule has 0 unspecified atom stereocenters. The van der Waals surface area contributed by atoms with Crippen LogP contribution in [-0.2, 0) is 22.3 Å². The Morgan fingerprint density at radius 2 is 1.90 bits per heavy atom. The fourth-order valence-electron chi connectivity index (χ4n) is 3.65. The molecule has 3 aromatic rings. The number of halogens is 3. The SMILES string of the molecule is COCc1ccccc1NC(=O)C1CCN(c2ccc3nnc(C(F)(F)F)n3n2)CC1. The maximum atomic E-state index is 13.1. The summed E-state index contributed by atoms with van der Waals surface area (Å²) in [5, 5.41) is 13.8. The van der Waals surface area contributed by atoms with E-state index in [0.29, 0.717) is 42.9 Å². The van der Waals surface area contributed by atoms with Crippen LogP contribution in [0.2, 0.25) is 0 Å². The number of fused-ring (bicyclic) bond motifs is 1. The zero-order chi connectivity index (χ0) is 22.0. The monoisotopic (exact) mass is 434 g/mol. The molecule has 1 saturated heterocycles. The van der Waals surface area contributed by atoms with Gasteiger partial charge in [-0.3, -0.25) is 4.79 Å². The summed E-state index contributed by atoms with van der Waals surface area (Å²) in [5.74, 6) is -1.04. The van der Waals surface area contributed by atoms with Crippen molar-refractivity contribution in [1.82, 2.24) is 19.8 Å². The van der Waals surface area contributed by atoms with Crippen molar-refractivity contribution in [3.8, 4) is 0 Å². The van der Waals surface area contributed by atoms with Crippen LogP contribution in [0.15, 0.2) is 36.4 Å². The normalized spacial score (nSPS) is 15.4. The summed E-state index contributed by atoms with van der Waals surface area (Å²) in [6.07, 6.45) is -3.52. The number of hydrogen-bond donors (Lipinski definition) is 1. The molecule has 8 nitrogen and oxygen atoms in total. The molecule has 0 bridgehead atoms. The molecule has 1 fully saturated rings. The van der Waals surface area contributed by atoms with Crippen LogP contribution in [0.25, 0.3) is 5.65 Å². The molecule has 31 heavy (non-hydrogen) atoms. The first-order valence-electron chi connectivity index (χ1n) is 9.79. The fraction of sp³-hybridized carbons (Fsp3) is 0.400. The van der Waals surface area contributed by atoms with E-state index in [1.165, 1.54) is 6.07 Å². The van der Waals surface area contributed by atoms with Crippen LogP contribution in [-0.4, -0.2) is 45.9 Å². The number of methoxy groups -OCH3 is 1. The molecule has 1 amide bonds. The molecule has 1 aliphatic rings. The van der Waals surface area contributed by atoms with Crippen LogP contribution >= 0.6 is 0 Å². The number of carbonyl (C=O) groups excluding carboxylic acids is 1. The number of amides is 1. The van der Waals surface area contributed by atoms with Gasteiger partial charge in [-0.05, 0) is 31.0 Å². The molecule has 0 aliphatic carbocycles. The number of alkyl halides is 3. The standard InChI is InChI=1S/C20H21F3N6O2/c1-31-12-14-4-2-3-5-15(14)24-18(30)13-8-10-28(11-9-13)17-7-6-16-25-26-19(20(21,22)23)29(16)27-17/h2-7,13H,8-12H2,1H3,(H,24,30). The van der Waals surface area contributed by atoms with Gasteiger partial charge in [-0.25, -0.2) is 0 Å². The summed E-state index contributed by atoms with van der Waals surface area (Å²) in [7, 11) is 1.59. The minimum atomic E-state index is -4.64. The summed E-state index contributed by atoms with van der Waals surface area (Å²) in [5.41, 5.74) is 1.64. The first-order valence-corrected chi connectivity index (χ1v) is 9.79. The van der Waals surface area contributed by atoms with E-state index in [2.05, 4.69) is 20.6 Å². The molecule has 1 aliphatic heterocycles. The molecular weight excluding hydrogens is 413 g/mol. The van der Waals surface area contributed by atoms with E-state index in [4.69, 9.17) is 4.74 Å². The average Bonchev–Trinajstić information content (AvgIpc) is 3.19. The second-order valence-corrected chi connectivity index (χ2v) is 7.32. The van der Waals surface area contributed by atoms with Gasteiger partial charge >= 0.3 is 6.18 Å². The zero-order valence-corrected chi connectivity index (χ0v) is 16.8. The summed E-state index contributed by atoms with van der Waals surface area (Å²) in [4.78, 5) is 14.6. The third-order valence-electron chi connectivity index (χ3n) is 5.27. The zero-order valence-electron chi connectivity index (χ0n) is 16.8. The van der Waals surface area contributed by atoms with Crippen molar-refractivity contribution in [1.29, 1.82) is 0 Å². The second-order valence-electron chi connectivity index (χ2n) is 7.32. The number of piperidine rings is 1. The van der Waals surface area contributed by atoms with Crippen molar-refractivity contribution in [2.45, 2.75) is 25.6 Å². The lowest BCUT2D eigenvalue weighted by Crippen LogP contribution is -2.39. The lowest BCUT2D eigenvalue weighted by Gasteiger charge is -2.32. The lowest BCUT2D eigenvalue weighted by molar-refractivity contribution is -0.146. The highest BCUT2D eigenvalue weighted by Crippen LogP contribution is 2.29. The smallest absolute Gasteiger partial charge is 0.380 e. The predicted octanol–water partition coefficient (Wildman–Crippen LogP) is 3.14. The van der Waals surface area contributed by atoms with E-state index in [-0.39, 0.29) is 17.5 Å². The van der Waals surface area contributed by atoms with Gasteiger partial charge in [-0.15, -0.1) is 15.3 Å². The van der Waals surface area contributed by atoms with Crippen LogP contribution in [0.4, 0.5) is 24.7 Å². The van der Waals surface area contributed by atoms with Crippen LogP contribution in [0, 0.1) is 5.92 Å². The van der Waals surface area contributed by atoms with Crippen LogP contribution < -0.4 is 10.2 Å². The van der Waals surface area contributed by atoms with E-state index in [1.54, 1.807) is 13.2 Å². The van der Waals surface area contributed by atoms with Gasteiger partial charge in [-0.1, -0.05) is 18.2 Å². The van der Waals surface area contributed by atoms with Gasteiger partial charge in [0.25, 0.3) is 5.82 Å². The molecule has 3 heterocycles. The average molecular weight is 434 g/mol. The molecule has 1 aromatic carbocycles. The largest absolute Gasteiger partial charge is 0.453 e. The molecule has 4 rings (SSSR count). The Balaban J connectivity index is 1.42. The van der Waals surface area contributed by atoms with E-state index in [0.717, 1.165) is 11.3 Å². The van der Waals surface area contributed by atoms with Crippen LogP contribution in [0.5, 0.6) is 0 Å². The van der Waals surface area contributed by atoms with Crippen molar-refractivity contribution in [3.63, 3.8) is 0 Å². The Bertz CT molecular complexity index is 1080. The Labute approximate surface area is 176 Å². The van der Waals surface area contributed by atoms with Crippen LogP contribution in [0.1, 0.15) is 24.2 Å². The topological polar surface area (TPSA) is 84.6 Å². The Hall–Kier alpha value is -3.21. The molecule has 11 heteroatoms. The molecule has 164 valence electrons. The molecule has 0 spiro atoms. The summed E-state index contributed by atoms with van der Waals surface area (Å²) >= 11 is 0. The van der Waals surface area contributed by atoms with Crippen molar-refractivity contribution in [2.75, 3.05) is 30.4 Å². The van der Waals surface area contributed by atoms with Gasteiger partial charge in [0.05, 0.1) is 6.61 Å². The van der Waals surface area contributed by atoms with Gasteiger partial charge in [0.15, 0.2) is 5.65 Å². The number of para-hydroxylation sites is 1. The van der Waals surface area contributed by atoms with Crippen molar-refractivity contribution < 1.29 is 22.7 Å². The number of nitrogens with one attached hydrogen (secondary N) is 1. The highest BCUT2D eigenvalue weighted by Gasteiger charge is 2.38. The number of anilines is 2. The van der Waals surface area contributed by atoms with Gasteiger partial charge in [0.2, 0.25) is 5.91 Å². The maximum Gasteiger partial charge on any atom is 0.453 e. The minimum Gasteiger partial charge on any atom is -0.380 e. The molecule has 1 N–H and O–H groups in total. The molecular formula is C20H21F3N6O2. The summed E-state index contributed by atoms with van der Waals surface area (Å²) in [6.45, 7) is 1.39. The number of ether oxygens (including phenoxy) is 1. The van der Waals surface area contributed by atoms with E-state index in [1.807, 2.05) is 29.2 Å². The minimum absolute atomic E-state index is 0.0278. The predicted molar refractivity (Wildman–Crippen MR) is 107 cm³/mol. The van der Waals surface area contributed by atoms with Crippen molar-refractivity contribution >= 4 is 23.1 Å². The maximum absolute atomic E-state index is 13.1. The number of rotatable bonds is 5. The third-order valence-corrected chi connectivity index (χ3v) is 5.27. The molecule has 0 atom stereocenters. The van der Waals surface area contributed by atoms with Gasteiger partial charge < -0.3 is 15.0 Å². The lowest BCUT2D eigenvalue weighted by atomic mass is 9.95. The van der Waals surface area contributed by atoms with Gasteiger partial charge in [-0.2, -0.15) is 17.7 Å². The number of carbonyl (C=O) groups is 1. The molecule has 0 radical (unpaired) electrons. The summed E-state index contributed by atoms with van der Waals surface area (Å²) in [6, 6.07) is 10.5. The first-order chi connectivity index (χ1) is 14.9. The van der Waals surface area contributed by atoms with Gasteiger partial charge in [0, 0.05) is 37.4 Å². The van der Waals surface area contributed by atoms with Crippen LogP contribution in [0.3, 0.4) is 0 Å². The van der Waals surface area contributed by atoms with Gasteiger partial charge in [0.1, 0.15) is 5.82 Å². The second kappa shape index (κ2) is 8.50.